The van der Waals surface area contributed by atoms with Gasteiger partial charge in [-0.15, -0.1) is 0 Å². The Bertz CT molecular complexity index is 1270. The van der Waals surface area contributed by atoms with E-state index in [-0.39, 0.29) is 36.1 Å². The molecule has 1 aromatic heterocycles. The van der Waals surface area contributed by atoms with E-state index in [1.165, 1.54) is 17.4 Å². The predicted molar refractivity (Wildman–Crippen MR) is 129 cm³/mol. The summed E-state index contributed by atoms with van der Waals surface area (Å²) < 4.78 is 27.9. The first-order chi connectivity index (χ1) is 16.9. The molecule has 11 heteroatoms. The van der Waals surface area contributed by atoms with Crippen LogP contribution in [0.15, 0.2) is 36.4 Å². The van der Waals surface area contributed by atoms with E-state index in [0.29, 0.717) is 47.3 Å². The van der Waals surface area contributed by atoms with Gasteiger partial charge in [-0.25, -0.2) is 13.8 Å². The van der Waals surface area contributed by atoms with Crippen molar-refractivity contribution in [2.24, 2.45) is 0 Å². The van der Waals surface area contributed by atoms with Gasteiger partial charge in [0.25, 0.3) is 5.91 Å². The molecule has 2 aliphatic heterocycles. The number of rotatable bonds is 6. The van der Waals surface area contributed by atoms with Crippen LogP contribution in [0.4, 0.5) is 19.6 Å². The maximum absolute atomic E-state index is 14.0. The molecule has 2 aromatic carbocycles. The first-order valence-electron chi connectivity index (χ1n) is 11.4. The molecule has 2 fully saturated rings. The molecule has 0 bridgehead atoms. The van der Waals surface area contributed by atoms with Crippen molar-refractivity contribution in [3.8, 4) is 0 Å². The summed E-state index contributed by atoms with van der Waals surface area (Å²) in [4.78, 5) is 46.0. The van der Waals surface area contributed by atoms with Gasteiger partial charge in [-0.1, -0.05) is 11.3 Å². The molecule has 5 rings (SSSR count). The standard InChI is InChI=1S/C24H23F2N5O3S/c25-16-13-18(26)22-19(14-16)35-24(28-22)30-11-9-29(10-12-30)8-7-27-23(34)15-1-3-17(4-2-15)31-20(32)5-6-21(31)33/h1-4,13-14H,5-12H2,(H,27,34). The number of thiazole rings is 1. The van der Waals surface area contributed by atoms with Crippen LogP contribution in [-0.2, 0) is 9.59 Å². The molecule has 0 saturated carbocycles. The maximum atomic E-state index is 14.0. The lowest BCUT2D eigenvalue weighted by atomic mass is 10.2. The number of benzene rings is 2. The summed E-state index contributed by atoms with van der Waals surface area (Å²) in [5, 5.41) is 3.57. The summed E-state index contributed by atoms with van der Waals surface area (Å²) >= 11 is 1.28. The van der Waals surface area contributed by atoms with Crippen molar-refractivity contribution in [2.75, 3.05) is 49.1 Å². The number of halogens is 2. The van der Waals surface area contributed by atoms with Crippen molar-refractivity contribution in [1.29, 1.82) is 0 Å². The second kappa shape index (κ2) is 9.67. The number of piperazine rings is 1. The molecular formula is C24H23F2N5O3S. The zero-order valence-corrected chi connectivity index (χ0v) is 19.6. The molecule has 0 spiro atoms. The second-order valence-corrected chi connectivity index (χ2v) is 9.49. The number of carbonyl (C=O) groups excluding carboxylic acids is 3. The zero-order chi connectivity index (χ0) is 24.5. The highest BCUT2D eigenvalue weighted by Gasteiger charge is 2.30. The lowest BCUT2D eigenvalue weighted by molar-refractivity contribution is -0.121. The third kappa shape index (κ3) is 4.87. The van der Waals surface area contributed by atoms with E-state index in [4.69, 9.17) is 0 Å². The van der Waals surface area contributed by atoms with Crippen molar-refractivity contribution >= 4 is 50.1 Å². The van der Waals surface area contributed by atoms with E-state index in [1.54, 1.807) is 24.3 Å². The van der Waals surface area contributed by atoms with Crippen LogP contribution in [0.1, 0.15) is 23.2 Å². The van der Waals surface area contributed by atoms with E-state index in [2.05, 4.69) is 20.1 Å². The number of nitrogens with one attached hydrogen (secondary N) is 1. The number of nitrogens with zero attached hydrogens (tertiary/aromatic N) is 4. The Kier molecular flexibility index (Phi) is 6.44. The number of anilines is 2. The van der Waals surface area contributed by atoms with Gasteiger partial charge in [-0.05, 0) is 30.3 Å². The van der Waals surface area contributed by atoms with Gasteiger partial charge >= 0.3 is 0 Å². The summed E-state index contributed by atoms with van der Waals surface area (Å²) in [6, 6.07) is 8.58. The summed E-state index contributed by atoms with van der Waals surface area (Å²) in [7, 11) is 0. The SMILES string of the molecule is O=C(NCCN1CCN(c2nc3c(F)cc(F)cc3s2)CC1)c1ccc(N2C(=O)CCC2=O)cc1. The Hall–Kier alpha value is -3.44. The highest BCUT2D eigenvalue weighted by atomic mass is 32.1. The number of fused-ring (bicyclic) bond motifs is 1. The fourth-order valence-electron chi connectivity index (χ4n) is 4.30. The quantitative estimate of drug-likeness (QED) is 0.525. The summed E-state index contributed by atoms with van der Waals surface area (Å²) in [5.41, 5.74) is 1.13. The van der Waals surface area contributed by atoms with Gasteiger partial charge in [0.05, 0.1) is 10.4 Å². The van der Waals surface area contributed by atoms with Crippen molar-refractivity contribution in [3.63, 3.8) is 0 Å². The Morgan fingerprint density at radius 1 is 1.00 bits per heavy atom. The molecule has 1 N–H and O–H groups in total. The highest BCUT2D eigenvalue weighted by molar-refractivity contribution is 7.22. The molecule has 2 saturated heterocycles. The predicted octanol–water partition coefficient (Wildman–Crippen LogP) is 2.78. The average molecular weight is 500 g/mol. The smallest absolute Gasteiger partial charge is 0.251 e. The molecular weight excluding hydrogens is 476 g/mol. The van der Waals surface area contributed by atoms with E-state index in [1.807, 2.05) is 0 Å². The number of aromatic nitrogens is 1. The van der Waals surface area contributed by atoms with Crippen LogP contribution < -0.4 is 15.1 Å². The number of hydrogen-bond donors (Lipinski definition) is 1. The van der Waals surface area contributed by atoms with E-state index in [9.17, 15) is 23.2 Å². The third-order valence-electron chi connectivity index (χ3n) is 6.20. The summed E-state index contributed by atoms with van der Waals surface area (Å²) in [6.07, 6.45) is 0.433. The Balaban J connectivity index is 1.09. The van der Waals surface area contributed by atoms with Crippen molar-refractivity contribution in [2.45, 2.75) is 12.8 Å². The van der Waals surface area contributed by atoms with Gasteiger partial charge < -0.3 is 10.2 Å². The number of imide groups is 1. The molecule has 182 valence electrons. The van der Waals surface area contributed by atoms with E-state index in [0.717, 1.165) is 24.1 Å². The van der Waals surface area contributed by atoms with Crippen molar-refractivity contribution < 1.29 is 23.2 Å². The first-order valence-corrected chi connectivity index (χ1v) is 12.2. The molecule has 0 atom stereocenters. The van der Waals surface area contributed by atoms with Gasteiger partial charge in [-0.3, -0.25) is 24.2 Å². The van der Waals surface area contributed by atoms with Crippen LogP contribution in [0.5, 0.6) is 0 Å². The largest absolute Gasteiger partial charge is 0.351 e. The van der Waals surface area contributed by atoms with Crippen LogP contribution in [0.2, 0.25) is 0 Å². The molecule has 3 heterocycles. The number of hydrogen-bond acceptors (Lipinski definition) is 7. The average Bonchev–Trinajstić information content (AvgIpc) is 3.42. The van der Waals surface area contributed by atoms with Crippen molar-refractivity contribution in [3.05, 3.63) is 53.6 Å². The fraction of sp³-hybridized carbons (Fsp3) is 0.333. The molecule has 3 amide bonds. The van der Waals surface area contributed by atoms with E-state index >= 15 is 0 Å². The Labute approximate surface area is 204 Å². The van der Waals surface area contributed by atoms with Gasteiger partial charge in [0, 0.05) is 63.7 Å². The highest BCUT2D eigenvalue weighted by Crippen LogP contribution is 2.31. The number of carbonyl (C=O) groups is 3. The lowest BCUT2D eigenvalue weighted by Gasteiger charge is -2.34. The molecule has 2 aliphatic rings. The monoisotopic (exact) mass is 499 g/mol. The molecule has 8 nitrogen and oxygen atoms in total. The Morgan fingerprint density at radius 2 is 1.69 bits per heavy atom. The van der Waals surface area contributed by atoms with Gasteiger partial charge in [0.1, 0.15) is 11.3 Å². The van der Waals surface area contributed by atoms with Gasteiger partial charge in [0.2, 0.25) is 11.8 Å². The number of amides is 3. The van der Waals surface area contributed by atoms with Crippen LogP contribution in [0, 0.1) is 11.6 Å². The van der Waals surface area contributed by atoms with Gasteiger partial charge in [-0.2, -0.15) is 0 Å². The maximum Gasteiger partial charge on any atom is 0.251 e. The first kappa shape index (κ1) is 23.3. The molecule has 0 aliphatic carbocycles. The normalized spacial score (nSPS) is 17.0. The van der Waals surface area contributed by atoms with Crippen LogP contribution in [-0.4, -0.2) is 66.9 Å². The lowest BCUT2D eigenvalue weighted by Crippen LogP contribution is -2.48. The van der Waals surface area contributed by atoms with Gasteiger partial charge in [0.15, 0.2) is 10.9 Å². The molecule has 3 aromatic rings. The second-order valence-electron chi connectivity index (χ2n) is 8.49. The Morgan fingerprint density at radius 3 is 2.37 bits per heavy atom. The minimum absolute atomic E-state index is 0.197. The zero-order valence-electron chi connectivity index (χ0n) is 18.8. The topological polar surface area (TPSA) is 85.8 Å². The summed E-state index contributed by atoms with van der Waals surface area (Å²) in [5.74, 6) is -1.93. The van der Waals surface area contributed by atoms with E-state index < -0.39 is 11.6 Å². The third-order valence-corrected chi connectivity index (χ3v) is 7.26. The minimum atomic E-state index is -0.649. The minimum Gasteiger partial charge on any atom is -0.351 e. The molecule has 0 radical (unpaired) electrons. The molecule has 35 heavy (non-hydrogen) atoms. The summed E-state index contributed by atoms with van der Waals surface area (Å²) in [6.45, 7) is 4.06. The molecule has 0 unspecified atom stereocenters. The van der Waals surface area contributed by atoms with Crippen molar-refractivity contribution in [1.82, 2.24) is 15.2 Å². The van der Waals surface area contributed by atoms with Crippen LogP contribution >= 0.6 is 11.3 Å². The van der Waals surface area contributed by atoms with Crippen LogP contribution in [0.25, 0.3) is 10.2 Å². The fourth-order valence-corrected chi connectivity index (χ4v) is 5.36. The van der Waals surface area contributed by atoms with Crippen LogP contribution in [0.3, 0.4) is 0 Å².